The monoisotopic (exact) mass is 455 g/mol. The summed E-state index contributed by atoms with van der Waals surface area (Å²) < 4.78 is 10.7. The van der Waals surface area contributed by atoms with E-state index in [2.05, 4.69) is 48.3 Å². The predicted octanol–water partition coefficient (Wildman–Crippen LogP) is 5.68. The van der Waals surface area contributed by atoms with Gasteiger partial charge in [-0.25, -0.2) is 0 Å². The standard InChI is InChI=1S/C30H33NO3/c1-4-8-27-29(24-13-17-26(34-3)18-14-24)31-28(23-11-15-25(33-2)16-12-23)21-30(27,32)20-19-22-9-6-5-7-10-22/h5-7,9-18,27-29,31-32H,4,8,21H2,1-3H3. The maximum Gasteiger partial charge on any atom is 0.132 e. The van der Waals surface area contributed by atoms with Gasteiger partial charge in [0.25, 0.3) is 0 Å². The van der Waals surface area contributed by atoms with Crippen LogP contribution in [0, 0.1) is 17.8 Å². The number of ether oxygens (including phenoxy) is 2. The average Bonchev–Trinajstić information content (AvgIpc) is 2.89. The molecule has 176 valence electrons. The average molecular weight is 456 g/mol. The number of hydrogen-bond acceptors (Lipinski definition) is 4. The smallest absolute Gasteiger partial charge is 0.132 e. The summed E-state index contributed by atoms with van der Waals surface area (Å²) in [6.07, 6.45) is 2.33. The molecule has 4 unspecified atom stereocenters. The van der Waals surface area contributed by atoms with Crippen LogP contribution in [0.1, 0.15) is 55.0 Å². The number of methoxy groups -OCH3 is 2. The van der Waals surface area contributed by atoms with E-state index < -0.39 is 5.60 Å². The number of rotatable bonds is 6. The summed E-state index contributed by atoms with van der Waals surface area (Å²) in [5, 5.41) is 16.0. The lowest BCUT2D eigenvalue weighted by molar-refractivity contribution is -0.0318. The maximum absolute atomic E-state index is 12.1. The normalized spacial score (nSPS) is 24.1. The molecule has 3 aromatic carbocycles. The molecular formula is C30H33NO3. The van der Waals surface area contributed by atoms with Crippen molar-refractivity contribution in [1.29, 1.82) is 0 Å². The zero-order valence-corrected chi connectivity index (χ0v) is 20.1. The van der Waals surface area contributed by atoms with Gasteiger partial charge in [-0.1, -0.05) is 67.6 Å². The Balaban J connectivity index is 1.76. The summed E-state index contributed by atoms with van der Waals surface area (Å²) in [5.41, 5.74) is 1.99. The molecule has 2 N–H and O–H groups in total. The van der Waals surface area contributed by atoms with Crippen LogP contribution >= 0.6 is 0 Å². The minimum atomic E-state index is -1.15. The van der Waals surface area contributed by atoms with Crippen LogP contribution in [0.2, 0.25) is 0 Å². The molecular weight excluding hydrogens is 422 g/mol. The topological polar surface area (TPSA) is 50.7 Å². The fourth-order valence-electron chi connectivity index (χ4n) is 4.88. The summed E-state index contributed by atoms with van der Waals surface area (Å²) in [7, 11) is 3.34. The molecule has 1 fully saturated rings. The lowest BCUT2D eigenvalue weighted by Crippen LogP contribution is -2.52. The third-order valence-corrected chi connectivity index (χ3v) is 6.70. The van der Waals surface area contributed by atoms with Gasteiger partial charge in [-0.15, -0.1) is 0 Å². The van der Waals surface area contributed by atoms with Gasteiger partial charge in [0, 0.05) is 30.0 Å². The van der Waals surface area contributed by atoms with Gasteiger partial charge >= 0.3 is 0 Å². The van der Waals surface area contributed by atoms with Crippen molar-refractivity contribution in [1.82, 2.24) is 5.32 Å². The zero-order valence-electron chi connectivity index (χ0n) is 20.1. The SMILES string of the molecule is CCCC1C(c2ccc(OC)cc2)NC(c2ccc(OC)cc2)CC1(O)C#Cc1ccccc1. The molecule has 0 radical (unpaired) electrons. The molecule has 1 heterocycles. The molecule has 34 heavy (non-hydrogen) atoms. The fraction of sp³-hybridized carbons (Fsp3) is 0.333. The number of nitrogens with one attached hydrogen (secondary N) is 1. The van der Waals surface area contributed by atoms with E-state index in [9.17, 15) is 5.11 Å². The highest BCUT2D eigenvalue weighted by molar-refractivity contribution is 5.39. The Kier molecular flexibility index (Phi) is 7.57. The van der Waals surface area contributed by atoms with Crippen LogP contribution in [0.4, 0.5) is 0 Å². The summed E-state index contributed by atoms with van der Waals surface area (Å²) >= 11 is 0. The lowest BCUT2D eigenvalue weighted by atomic mass is 9.69. The van der Waals surface area contributed by atoms with Crippen molar-refractivity contribution >= 4 is 0 Å². The van der Waals surface area contributed by atoms with Crippen LogP contribution in [0.5, 0.6) is 11.5 Å². The minimum Gasteiger partial charge on any atom is -0.497 e. The highest BCUT2D eigenvalue weighted by Gasteiger charge is 2.47. The molecule has 0 spiro atoms. The minimum absolute atomic E-state index is 0.0539. The van der Waals surface area contributed by atoms with E-state index in [1.807, 2.05) is 54.6 Å². The van der Waals surface area contributed by atoms with Crippen molar-refractivity contribution in [3.63, 3.8) is 0 Å². The first-order chi connectivity index (χ1) is 16.6. The number of aliphatic hydroxyl groups is 1. The van der Waals surface area contributed by atoms with Crippen molar-refractivity contribution in [2.45, 2.75) is 43.9 Å². The van der Waals surface area contributed by atoms with Crippen molar-refractivity contribution in [3.05, 3.63) is 95.6 Å². The molecule has 0 aliphatic carbocycles. The first-order valence-electron chi connectivity index (χ1n) is 11.9. The molecule has 4 atom stereocenters. The second kappa shape index (κ2) is 10.8. The van der Waals surface area contributed by atoms with Gasteiger partial charge in [0.15, 0.2) is 0 Å². The molecule has 0 amide bonds. The molecule has 3 aromatic rings. The molecule has 4 rings (SSSR count). The third kappa shape index (κ3) is 5.28. The maximum atomic E-state index is 12.1. The van der Waals surface area contributed by atoms with E-state index in [0.717, 1.165) is 41.0 Å². The van der Waals surface area contributed by atoms with Gasteiger partial charge in [0.05, 0.1) is 14.2 Å². The quantitative estimate of drug-likeness (QED) is 0.470. The van der Waals surface area contributed by atoms with Crippen molar-refractivity contribution in [2.24, 2.45) is 5.92 Å². The largest absolute Gasteiger partial charge is 0.497 e. The first-order valence-corrected chi connectivity index (χ1v) is 11.9. The van der Waals surface area contributed by atoms with Crippen LogP contribution in [0.25, 0.3) is 0 Å². The predicted molar refractivity (Wildman–Crippen MR) is 136 cm³/mol. The fourth-order valence-corrected chi connectivity index (χ4v) is 4.88. The Morgan fingerprint density at radius 3 is 2.03 bits per heavy atom. The van der Waals surface area contributed by atoms with E-state index in [4.69, 9.17) is 9.47 Å². The molecule has 0 aromatic heterocycles. The number of benzene rings is 3. The van der Waals surface area contributed by atoms with Crippen LogP contribution in [0.15, 0.2) is 78.9 Å². The van der Waals surface area contributed by atoms with E-state index in [-0.39, 0.29) is 18.0 Å². The van der Waals surface area contributed by atoms with Crippen LogP contribution in [-0.4, -0.2) is 24.9 Å². The van der Waals surface area contributed by atoms with Gasteiger partial charge in [0.2, 0.25) is 0 Å². The Bertz CT molecular complexity index is 1120. The second-order valence-corrected chi connectivity index (χ2v) is 8.88. The van der Waals surface area contributed by atoms with Crippen molar-refractivity contribution in [3.8, 4) is 23.3 Å². The Hall–Kier alpha value is -3.26. The van der Waals surface area contributed by atoms with Crippen LogP contribution < -0.4 is 14.8 Å². The number of piperidine rings is 1. The lowest BCUT2D eigenvalue weighted by Gasteiger charge is -2.46. The summed E-state index contributed by atoms with van der Waals surface area (Å²) in [6.45, 7) is 2.16. The summed E-state index contributed by atoms with van der Waals surface area (Å²) in [5.74, 6) is 8.14. The first kappa shape index (κ1) is 23.9. The van der Waals surface area contributed by atoms with E-state index >= 15 is 0 Å². The van der Waals surface area contributed by atoms with Gasteiger partial charge in [0.1, 0.15) is 17.1 Å². The Labute approximate surface area is 202 Å². The molecule has 4 heteroatoms. The Morgan fingerprint density at radius 1 is 0.882 bits per heavy atom. The van der Waals surface area contributed by atoms with E-state index in [1.165, 1.54) is 0 Å². The van der Waals surface area contributed by atoms with E-state index in [1.54, 1.807) is 14.2 Å². The van der Waals surface area contributed by atoms with Gasteiger partial charge in [-0.2, -0.15) is 0 Å². The van der Waals surface area contributed by atoms with Gasteiger partial charge < -0.3 is 19.9 Å². The molecule has 1 aliphatic heterocycles. The molecule has 0 saturated carbocycles. The van der Waals surface area contributed by atoms with Crippen LogP contribution in [-0.2, 0) is 0 Å². The highest BCUT2D eigenvalue weighted by atomic mass is 16.5. The highest BCUT2D eigenvalue weighted by Crippen LogP contribution is 2.45. The van der Waals surface area contributed by atoms with Crippen molar-refractivity contribution < 1.29 is 14.6 Å². The molecule has 0 bridgehead atoms. The third-order valence-electron chi connectivity index (χ3n) is 6.70. The van der Waals surface area contributed by atoms with E-state index in [0.29, 0.717) is 6.42 Å². The second-order valence-electron chi connectivity index (χ2n) is 8.88. The molecule has 4 nitrogen and oxygen atoms in total. The summed E-state index contributed by atoms with van der Waals surface area (Å²) in [4.78, 5) is 0. The van der Waals surface area contributed by atoms with Gasteiger partial charge in [-0.3, -0.25) is 0 Å². The molecule has 1 aliphatic rings. The molecule has 1 saturated heterocycles. The van der Waals surface area contributed by atoms with Gasteiger partial charge in [-0.05, 0) is 53.9 Å². The van der Waals surface area contributed by atoms with Crippen LogP contribution in [0.3, 0.4) is 0 Å². The van der Waals surface area contributed by atoms with Crippen molar-refractivity contribution in [2.75, 3.05) is 14.2 Å². The summed E-state index contributed by atoms with van der Waals surface area (Å²) in [6, 6.07) is 26.0. The Morgan fingerprint density at radius 2 is 1.47 bits per heavy atom. The zero-order chi connectivity index (χ0) is 24.0. The number of hydrogen-bond donors (Lipinski definition) is 2.